The van der Waals surface area contributed by atoms with Crippen molar-refractivity contribution >= 4 is 21.9 Å². The molecule has 0 aliphatic rings. The van der Waals surface area contributed by atoms with Crippen molar-refractivity contribution in [3.8, 4) is 0 Å². The SMILES string of the molecule is CCOC(=O)Cc1nc(C)ccc1Br. The summed E-state index contributed by atoms with van der Waals surface area (Å²) < 4.78 is 5.68. The molecule has 1 aromatic heterocycles. The first kappa shape index (κ1) is 11.2. The Labute approximate surface area is 91.6 Å². The molecule has 1 aromatic rings. The van der Waals surface area contributed by atoms with Crippen LogP contribution in [-0.4, -0.2) is 17.6 Å². The van der Waals surface area contributed by atoms with E-state index in [1.165, 1.54) is 0 Å². The molecule has 0 radical (unpaired) electrons. The van der Waals surface area contributed by atoms with Crippen LogP contribution in [-0.2, 0) is 16.0 Å². The van der Waals surface area contributed by atoms with Gasteiger partial charge in [-0.3, -0.25) is 9.78 Å². The van der Waals surface area contributed by atoms with Crippen molar-refractivity contribution in [2.45, 2.75) is 20.3 Å². The number of ether oxygens (including phenoxy) is 1. The molecule has 0 aliphatic heterocycles. The van der Waals surface area contributed by atoms with Gasteiger partial charge in [-0.2, -0.15) is 0 Å². The van der Waals surface area contributed by atoms with Gasteiger partial charge in [-0.25, -0.2) is 0 Å². The maximum Gasteiger partial charge on any atom is 0.311 e. The van der Waals surface area contributed by atoms with Gasteiger partial charge in [0.05, 0.1) is 18.7 Å². The molecule has 3 nitrogen and oxygen atoms in total. The highest BCUT2D eigenvalue weighted by Crippen LogP contribution is 2.15. The number of hydrogen-bond donors (Lipinski definition) is 0. The van der Waals surface area contributed by atoms with Gasteiger partial charge >= 0.3 is 5.97 Å². The molecular formula is C10H12BrNO2. The van der Waals surface area contributed by atoms with Gasteiger partial charge in [-0.15, -0.1) is 0 Å². The summed E-state index contributed by atoms with van der Waals surface area (Å²) in [4.78, 5) is 15.4. The monoisotopic (exact) mass is 257 g/mol. The minimum absolute atomic E-state index is 0.218. The Hall–Kier alpha value is -0.900. The summed E-state index contributed by atoms with van der Waals surface area (Å²) in [7, 11) is 0. The molecule has 76 valence electrons. The van der Waals surface area contributed by atoms with Crippen LogP contribution < -0.4 is 0 Å². The Morgan fingerprint density at radius 3 is 2.93 bits per heavy atom. The molecule has 0 aliphatic carbocycles. The Bertz CT molecular complexity index is 339. The molecule has 0 N–H and O–H groups in total. The van der Waals surface area contributed by atoms with Gasteiger partial charge in [0.1, 0.15) is 0 Å². The molecule has 0 aromatic carbocycles. The van der Waals surface area contributed by atoms with E-state index in [1.807, 2.05) is 19.1 Å². The number of aryl methyl sites for hydroxylation is 1. The number of halogens is 1. The lowest BCUT2D eigenvalue weighted by Crippen LogP contribution is -2.09. The number of rotatable bonds is 3. The molecule has 0 bridgehead atoms. The highest BCUT2D eigenvalue weighted by atomic mass is 79.9. The first-order valence-electron chi connectivity index (χ1n) is 4.41. The summed E-state index contributed by atoms with van der Waals surface area (Å²) in [6.07, 6.45) is 0.218. The second-order valence-electron chi connectivity index (χ2n) is 2.86. The van der Waals surface area contributed by atoms with E-state index in [9.17, 15) is 4.79 Å². The van der Waals surface area contributed by atoms with Crippen molar-refractivity contribution in [2.75, 3.05) is 6.61 Å². The molecule has 4 heteroatoms. The van der Waals surface area contributed by atoms with Crippen molar-refractivity contribution in [3.63, 3.8) is 0 Å². The maximum atomic E-state index is 11.2. The molecular weight excluding hydrogens is 246 g/mol. The van der Waals surface area contributed by atoms with Crippen LogP contribution in [0.15, 0.2) is 16.6 Å². The third kappa shape index (κ3) is 3.10. The van der Waals surface area contributed by atoms with Crippen LogP contribution in [0.25, 0.3) is 0 Å². The number of esters is 1. The predicted octanol–water partition coefficient (Wildman–Crippen LogP) is 2.26. The molecule has 0 fully saturated rings. The number of aromatic nitrogens is 1. The Morgan fingerprint density at radius 2 is 2.29 bits per heavy atom. The molecule has 1 heterocycles. The fourth-order valence-corrected chi connectivity index (χ4v) is 1.43. The van der Waals surface area contributed by atoms with Crippen molar-refractivity contribution in [3.05, 3.63) is 28.0 Å². The van der Waals surface area contributed by atoms with Gasteiger partial charge in [0.2, 0.25) is 0 Å². The normalized spacial score (nSPS) is 9.93. The Morgan fingerprint density at radius 1 is 1.57 bits per heavy atom. The summed E-state index contributed by atoms with van der Waals surface area (Å²) in [5, 5.41) is 0. The second-order valence-corrected chi connectivity index (χ2v) is 3.72. The van der Waals surface area contributed by atoms with Crippen molar-refractivity contribution < 1.29 is 9.53 Å². The summed E-state index contributed by atoms with van der Waals surface area (Å²) in [6.45, 7) is 4.08. The van der Waals surface area contributed by atoms with Gasteiger partial charge in [-0.1, -0.05) is 0 Å². The van der Waals surface area contributed by atoms with E-state index in [0.29, 0.717) is 6.61 Å². The summed E-state index contributed by atoms with van der Waals surface area (Å²) >= 11 is 3.34. The Kier molecular flexibility index (Phi) is 4.07. The van der Waals surface area contributed by atoms with E-state index < -0.39 is 0 Å². The average molecular weight is 258 g/mol. The molecule has 0 atom stereocenters. The third-order valence-corrected chi connectivity index (χ3v) is 2.40. The quantitative estimate of drug-likeness (QED) is 0.780. The third-order valence-electron chi connectivity index (χ3n) is 1.67. The Balaban J connectivity index is 2.75. The lowest BCUT2D eigenvalue weighted by Gasteiger charge is -2.04. The molecule has 0 spiro atoms. The van der Waals surface area contributed by atoms with Crippen LogP contribution >= 0.6 is 15.9 Å². The van der Waals surface area contributed by atoms with Gasteiger partial charge in [0.15, 0.2) is 0 Å². The molecule has 0 amide bonds. The minimum atomic E-state index is -0.244. The minimum Gasteiger partial charge on any atom is -0.466 e. The van der Waals surface area contributed by atoms with E-state index in [4.69, 9.17) is 4.74 Å². The highest BCUT2D eigenvalue weighted by Gasteiger charge is 2.08. The van der Waals surface area contributed by atoms with E-state index in [-0.39, 0.29) is 12.4 Å². The van der Waals surface area contributed by atoms with Gasteiger partial charge in [0, 0.05) is 10.2 Å². The molecule has 0 saturated heterocycles. The summed E-state index contributed by atoms with van der Waals surface area (Å²) in [6, 6.07) is 3.77. The van der Waals surface area contributed by atoms with E-state index >= 15 is 0 Å². The van der Waals surface area contributed by atoms with Crippen LogP contribution in [0.2, 0.25) is 0 Å². The van der Waals surface area contributed by atoms with Crippen LogP contribution in [0.3, 0.4) is 0 Å². The van der Waals surface area contributed by atoms with Crippen molar-refractivity contribution in [1.29, 1.82) is 0 Å². The second kappa shape index (κ2) is 5.10. The van der Waals surface area contributed by atoms with Crippen molar-refractivity contribution in [1.82, 2.24) is 4.98 Å². The van der Waals surface area contributed by atoms with E-state index in [0.717, 1.165) is 15.9 Å². The van der Waals surface area contributed by atoms with Crippen LogP contribution in [0, 0.1) is 6.92 Å². The molecule has 0 unspecified atom stereocenters. The number of pyridine rings is 1. The first-order valence-corrected chi connectivity index (χ1v) is 5.20. The highest BCUT2D eigenvalue weighted by molar-refractivity contribution is 9.10. The lowest BCUT2D eigenvalue weighted by atomic mass is 10.2. The smallest absolute Gasteiger partial charge is 0.311 e. The fourth-order valence-electron chi connectivity index (χ4n) is 1.07. The summed E-state index contributed by atoms with van der Waals surface area (Å²) in [5.41, 5.74) is 1.62. The molecule has 14 heavy (non-hydrogen) atoms. The number of nitrogens with zero attached hydrogens (tertiary/aromatic N) is 1. The van der Waals surface area contributed by atoms with Crippen molar-refractivity contribution in [2.24, 2.45) is 0 Å². The van der Waals surface area contributed by atoms with Crippen LogP contribution in [0.5, 0.6) is 0 Å². The zero-order valence-electron chi connectivity index (χ0n) is 8.21. The number of carbonyl (C=O) groups is 1. The van der Waals surface area contributed by atoms with Gasteiger partial charge < -0.3 is 4.74 Å². The molecule has 0 saturated carbocycles. The zero-order chi connectivity index (χ0) is 10.6. The zero-order valence-corrected chi connectivity index (χ0v) is 9.80. The number of hydrogen-bond acceptors (Lipinski definition) is 3. The maximum absolute atomic E-state index is 11.2. The predicted molar refractivity (Wildman–Crippen MR) is 57.0 cm³/mol. The topological polar surface area (TPSA) is 39.2 Å². The largest absolute Gasteiger partial charge is 0.466 e. The van der Waals surface area contributed by atoms with E-state index in [1.54, 1.807) is 6.92 Å². The number of carbonyl (C=O) groups excluding carboxylic acids is 1. The van der Waals surface area contributed by atoms with Crippen LogP contribution in [0.1, 0.15) is 18.3 Å². The standard InChI is InChI=1S/C10H12BrNO2/c1-3-14-10(13)6-9-8(11)5-4-7(2)12-9/h4-5H,3,6H2,1-2H3. The summed E-state index contributed by atoms with van der Waals surface area (Å²) in [5.74, 6) is -0.244. The lowest BCUT2D eigenvalue weighted by molar-refractivity contribution is -0.142. The average Bonchev–Trinajstić information content (AvgIpc) is 2.12. The van der Waals surface area contributed by atoms with Crippen LogP contribution in [0.4, 0.5) is 0 Å². The molecule has 1 rings (SSSR count). The van der Waals surface area contributed by atoms with Gasteiger partial charge in [0.25, 0.3) is 0 Å². The van der Waals surface area contributed by atoms with Gasteiger partial charge in [-0.05, 0) is 41.9 Å². The fraction of sp³-hybridized carbons (Fsp3) is 0.400. The first-order chi connectivity index (χ1) is 6.63. The van der Waals surface area contributed by atoms with E-state index in [2.05, 4.69) is 20.9 Å².